The van der Waals surface area contributed by atoms with Crippen molar-refractivity contribution in [2.45, 2.75) is 6.17 Å². The average molecular weight is 404 g/mol. The van der Waals surface area contributed by atoms with E-state index in [-0.39, 0.29) is 11.9 Å². The van der Waals surface area contributed by atoms with Gasteiger partial charge in [0.1, 0.15) is 6.17 Å². The number of rotatable bonds is 3. The monoisotopic (exact) mass is 403 g/mol. The zero-order valence-corrected chi connectivity index (χ0v) is 16.4. The molecule has 2 N–H and O–H groups in total. The summed E-state index contributed by atoms with van der Waals surface area (Å²) >= 11 is 6.04. The molecule has 4 aromatic rings. The number of fused-ring (bicyclic) bond motifs is 3. The molecule has 0 aliphatic carbocycles. The predicted molar refractivity (Wildman–Crippen MR) is 115 cm³/mol. The lowest BCUT2D eigenvalue weighted by Crippen LogP contribution is -2.25. The molecule has 1 aromatic heterocycles. The molecule has 29 heavy (non-hydrogen) atoms. The molecule has 1 aliphatic heterocycles. The van der Waals surface area contributed by atoms with Crippen molar-refractivity contribution in [1.82, 2.24) is 9.78 Å². The lowest BCUT2D eigenvalue weighted by Gasteiger charge is -2.29. The zero-order valence-electron chi connectivity index (χ0n) is 15.6. The van der Waals surface area contributed by atoms with Gasteiger partial charge < -0.3 is 15.2 Å². The van der Waals surface area contributed by atoms with Crippen molar-refractivity contribution in [2.24, 2.45) is 0 Å². The smallest absolute Gasteiger partial charge is 0.160 e. The van der Waals surface area contributed by atoms with Gasteiger partial charge in [-0.1, -0.05) is 48.0 Å². The molecule has 2 heterocycles. The Bertz CT molecular complexity index is 1200. The number of hydrogen-bond donors (Lipinski definition) is 2. The van der Waals surface area contributed by atoms with Gasteiger partial charge in [-0.2, -0.15) is 5.10 Å². The van der Waals surface area contributed by atoms with E-state index in [1.165, 1.54) is 0 Å². The van der Waals surface area contributed by atoms with E-state index in [0.29, 0.717) is 10.8 Å². The molecule has 6 heteroatoms. The summed E-state index contributed by atoms with van der Waals surface area (Å²) in [6.45, 7) is 0. The molecule has 0 saturated carbocycles. The number of nitrogens with one attached hydrogen (secondary N) is 1. The fourth-order valence-electron chi connectivity index (χ4n) is 3.68. The summed E-state index contributed by atoms with van der Waals surface area (Å²) < 4.78 is 7.27. The Morgan fingerprint density at radius 1 is 1.03 bits per heavy atom. The van der Waals surface area contributed by atoms with Crippen molar-refractivity contribution >= 4 is 17.3 Å². The topological polar surface area (TPSA) is 59.3 Å². The Balaban J connectivity index is 1.68. The highest BCUT2D eigenvalue weighted by Crippen LogP contribution is 2.41. The molecule has 1 atom stereocenters. The van der Waals surface area contributed by atoms with Crippen LogP contribution < -0.4 is 10.1 Å². The largest absolute Gasteiger partial charge is 0.504 e. The van der Waals surface area contributed by atoms with E-state index < -0.39 is 0 Å². The minimum absolute atomic E-state index is 0.106. The number of ether oxygens (including phenoxy) is 1. The van der Waals surface area contributed by atoms with Crippen molar-refractivity contribution in [3.8, 4) is 34.0 Å². The van der Waals surface area contributed by atoms with Gasteiger partial charge in [-0.25, -0.2) is 4.68 Å². The molecule has 0 spiro atoms. The highest BCUT2D eigenvalue weighted by atomic mass is 35.5. The van der Waals surface area contributed by atoms with Crippen LogP contribution in [-0.2, 0) is 0 Å². The van der Waals surface area contributed by atoms with Gasteiger partial charge in [-0.3, -0.25) is 0 Å². The highest BCUT2D eigenvalue weighted by molar-refractivity contribution is 6.30. The third-order valence-corrected chi connectivity index (χ3v) is 5.39. The van der Waals surface area contributed by atoms with E-state index in [0.717, 1.165) is 33.8 Å². The first-order chi connectivity index (χ1) is 14.1. The van der Waals surface area contributed by atoms with Gasteiger partial charge in [-0.15, -0.1) is 0 Å². The highest BCUT2D eigenvalue weighted by Gasteiger charge is 2.27. The molecular weight excluding hydrogens is 386 g/mol. The van der Waals surface area contributed by atoms with Crippen LogP contribution in [0.1, 0.15) is 11.7 Å². The van der Waals surface area contributed by atoms with Crippen LogP contribution in [0.4, 0.5) is 5.69 Å². The molecule has 0 bridgehead atoms. The number of para-hydroxylation sites is 1. The average Bonchev–Trinajstić information content (AvgIpc) is 3.20. The second-order valence-electron chi connectivity index (χ2n) is 6.89. The van der Waals surface area contributed by atoms with Crippen LogP contribution in [0, 0.1) is 0 Å². The first-order valence-electron chi connectivity index (χ1n) is 9.22. The summed E-state index contributed by atoms with van der Waals surface area (Å²) in [5.41, 5.74) is 5.92. The van der Waals surface area contributed by atoms with E-state index in [1.807, 2.05) is 53.2 Å². The van der Waals surface area contributed by atoms with Crippen LogP contribution in [0.25, 0.3) is 22.5 Å². The van der Waals surface area contributed by atoms with Gasteiger partial charge in [0.2, 0.25) is 0 Å². The van der Waals surface area contributed by atoms with Gasteiger partial charge in [0.15, 0.2) is 11.5 Å². The summed E-state index contributed by atoms with van der Waals surface area (Å²) in [6.07, 6.45) is -0.240. The van der Waals surface area contributed by atoms with Crippen LogP contribution in [0.15, 0.2) is 72.8 Å². The number of anilines is 1. The molecule has 3 aromatic carbocycles. The first kappa shape index (κ1) is 17.6. The minimum Gasteiger partial charge on any atom is -0.504 e. The van der Waals surface area contributed by atoms with Gasteiger partial charge in [0.05, 0.1) is 18.5 Å². The Hall–Kier alpha value is -3.44. The quantitative estimate of drug-likeness (QED) is 0.470. The van der Waals surface area contributed by atoms with Crippen molar-refractivity contribution in [3.05, 3.63) is 83.4 Å². The Morgan fingerprint density at radius 3 is 2.62 bits per heavy atom. The summed E-state index contributed by atoms with van der Waals surface area (Å²) in [6, 6.07) is 23.2. The predicted octanol–water partition coefficient (Wildman–Crippen LogP) is 5.56. The van der Waals surface area contributed by atoms with Crippen molar-refractivity contribution in [3.63, 3.8) is 0 Å². The van der Waals surface area contributed by atoms with Gasteiger partial charge in [0, 0.05) is 27.4 Å². The maximum absolute atomic E-state index is 9.98. The fraction of sp³-hybridized carbons (Fsp3) is 0.0870. The van der Waals surface area contributed by atoms with E-state index >= 15 is 0 Å². The van der Waals surface area contributed by atoms with E-state index in [2.05, 4.69) is 23.5 Å². The molecule has 1 unspecified atom stereocenters. The zero-order chi connectivity index (χ0) is 20.0. The standard InChI is InChI=1S/C23H18ClN3O2/c1-29-22-12-15(8-11-21(22)28)23-25-18-5-3-2-4-17(18)20-13-19(26-27(20)23)14-6-9-16(24)10-7-14/h2-13,23,25,28H,1H3. The number of phenols is 1. The number of hydrogen-bond acceptors (Lipinski definition) is 4. The number of nitrogens with zero attached hydrogens (tertiary/aromatic N) is 2. The third-order valence-electron chi connectivity index (χ3n) is 5.14. The minimum atomic E-state index is -0.240. The number of methoxy groups -OCH3 is 1. The number of phenolic OH excluding ortho intramolecular Hbond substituents is 1. The van der Waals surface area contributed by atoms with Gasteiger partial charge in [0.25, 0.3) is 0 Å². The Kier molecular flexibility index (Phi) is 4.18. The van der Waals surface area contributed by atoms with E-state index in [9.17, 15) is 5.11 Å². The Labute approximate surface area is 173 Å². The first-order valence-corrected chi connectivity index (χ1v) is 9.60. The van der Waals surface area contributed by atoms with Crippen LogP contribution in [0.3, 0.4) is 0 Å². The summed E-state index contributed by atoms with van der Waals surface area (Å²) in [5.74, 6) is 0.532. The second-order valence-corrected chi connectivity index (χ2v) is 7.33. The number of benzene rings is 3. The van der Waals surface area contributed by atoms with Crippen molar-refractivity contribution in [2.75, 3.05) is 12.4 Å². The maximum Gasteiger partial charge on any atom is 0.160 e. The normalized spacial score (nSPS) is 14.6. The molecule has 5 nitrogen and oxygen atoms in total. The van der Waals surface area contributed by atoms with Crippen molar-refractivity contribution in [1.29, 1.82) is 0 Å². The molecule has 1 aliphatic rings. The molecule has 0 radical (unpaired) electrons. The molecule has 5 rings (SSSR count). The lowest BCUT2D eigenvalue weighted by molar-refractivity contribution is 0.372. The number of aromatic hydroxyl groups is 1. The number of halogens is 1. The molecule has 0 saturated heterocycles. The third kappa shape index (κ3) is 3.00. The Morgan fingerprint density at radius 2 is 1.83 bits per heavy atom. The molecule has 0 fully saturated rings. The van der Waals surface area contributed by atoms with Crippen LogP contribution in [0.5, 0.6) is 11.5 Å². The summed E-state index contributed by atoms with van der Waals surface area (Å²) in [7, 11) is 1.54. The van der Waals surface area contributed by atoms with E-state index in [1.54, 1.807) is 13.2 Å². The van der Waals surface area contributed by atoms with E-state index in [4.69, 9.17) is 21.4 Å². The maximum atomic E-state index is 9.98. The lowest BCUT2D eigenvalue weighted by atomic mass is 10.0. The van der Waals surface area contributed by atoms with Crippen LogP contribution >= 0.6 is 11.6 Å². The molecular formula is C23H18ClN3O2. The van der Waals surface area contributed by atoms with Gasteiger partial charge in [-0.05, 0) is 36.4 Å². The fourth-order valence-corrected chi connectivity index (χ4v) is 3.81. The summed E-state index contributed by atoms with van der Waals surface area (Å²) in [5, 5.41) is 19.1. The second kappa shape index (κ2) is 6.87. The SMILES string of the molecule is COc1cc(C2Nc3ccccc3-c3cc(-c4ccc(Cl)cc4)nn32)ccc1O. The van der Waals surface area contributed by atoms with Gasteiger partial charge >= 0.3 is 0 Å². The summed E-state index contributed by atoms with van der Waals surface area (Å²) in [4.78, 5) is 0. The van der Waals surface area contributed by atoms with Crippen LogP contribution in [0.2, 0.25) is 5.02 Å². The molecule has 144 valence electrons. The van der Waals surface area contributed by atoms with Crippen LogP contribution in [-0.4, -0.2) is 22.0 Å². The van der Waals surface area contributed by atoms with Crippen molar-refractivity contribution < 1.29 is 9.84 Å². The number of aromatic nitrogens is 2. The molecule has 0 amide bonds.